The van der Waals surface area contributed by atoms with E-state index in [1.54, 1.807) is 0 Å². The fraction of sp³-hybridized carbons (Fsp3) is 0.667. The van der Waals surface area contributed by atoms with E-state index in [4.69, 9.17) is 4.42 Å². The molecule has 1 heterocycles. The lowest BCUT2D eigenvalue weighted by Crippen LogP contribution is -1.97. The summed E-state index contributed by atoms with van der Waals surface area (Å²) < 4.78 is 5.20. The van der Waals surface area contributed by atoms with Crippen LogP contribution >= 0.6 is 0 Å². The van der Waals surface area contributed by atoms with Crippen LogP contribution in [0.15, 0.2) is 10.8 Å². The first-order valence-electron chi connectivity index (χ1n) is 4.15. The summed E-state index contributed by atoms with van der Waals surface area (Å²) in [6.07, 6.45) is 3.51. The molecule has 0 aliphatic rings. The van der Waals surface area contributed by atoms with Crippen molar-refractivity contribution in [2.75, 3.05) is 0 Å². The third-order valence-electron chi connectivity index (χ3n) is 1.65. The minimum Gasteiger partial charge on any atom is -0.448 e. The fourth-order valence-corrected chi connectivity index (χ4v) is 1.13. The number of rotatable bonds is 3. The van der Waals surface area contributed by atoms with Crippen molar-refractivity contribution in [3.63, 3.8) is 0 Å². The van der Waals surface area contributed by atoms with E-state index in [-0.39, 0.29) is 0 Å². The van der Waals surface area contributed by atoms with Crippen molar-refractivity contribution in [2.45, 2.75) is 33.6 Å². The van der Waals surface area contributed by atoms with Gasteiger partial charge in [-0.2, -0.15) is 0 Å². The molecule has 0 aliphatic carbocycles. The van der Waals surface area contributed by atoms with E-state index in [2.05, 4.69) is 25.8 Å². The molecule has 0 aliphatic heterocycles. The molecule has 0 bridgehead atoms. The smallest absolute Gasteiger partial charge is 0.181 e. The van der Waals surface area contributed by atoms with Crippen LogP contribution in [-0.4, -0.2) is 4.98 Å². The first-order chi connectivity index (χ1) is 5.24. The van der Waals surface area contributed by atoms with Crippen LogP contribution < -0.4 is 0 Å². The Labute approximate surface area is 67.6 Å². The van der Waals surface area contributed by atoms with Crippen LogP contribution in [0, 0.1) is 5.92 Å². The predicted molar refractivity (Wildman–Crippen MR) is 44.4 cm³/mol. The van der Waals surface area contributed by atoms with Gasteiger partial charge in [0.1, 0.15) is 5.76 Å². The van der Waals surface area contributed by atoms with E-state index in [9.17, 15) is 0 Å². The van der Waals surface area contributed by atoms with Gasteiger partial charge in [0, 0.05) is 6.42 Å². The van der Waals surface area contributed by atoms with Gasteiger partial charge in [0.05, 0.1) is 5.69 Å². The Kier molecular flexibility index (Phi) is 2.69. The van der Waals surface area contributed by atoms with Gasteiger partial charge in [-0.1, -0.05) is 20.8 Å². The van der Waals surface area contributed by atoms with Gasteiger partial charge < -0.3 is 4.42 Å². The summed E-state index contributed by atoms with van der Waals surface area (Å²) in [6, 6.07) is 0. The first-order valence-corrected chi connectivity index (χ1v) is 4.15. The third kappa shape index (κ3) is 2.07. The van der Waals surface area contributed by atoms with E-state index >= 15 is 0 Å². The first kappa shape index (κ1) is 8.31. The lowest BCUT2D eigenvalue weighted by Gasteiger charge is -2.01. The normalized spacial score (nSPS) is 10.9. The Balaban J connectivity index is 2.68. The van der Waals surface area contributed by atoms with Crippen LogP contribution in [0.1, 0.15) is 32.2 Å². The molecule has 0 saturated heterocycles. The molecule has 0 fully saturated rings. The quantitative estimate of drug-likeness (QED) is 0.666. The molecule has 0 spiro atoms. The number of hydrogen-bond donors (Lipinski definition) is 0. The molecule has 0 aromatic carbocycles. The van der Waals surface area contributed by atoms with Crippen molar-refractivity contribution in [3.8, 4) is 0 Å². The Bertz CT molecular complexity index is 215. The highest BCUT2D eigenvalue weighted by molar-refractivity contribution is 5.07. The van der Waals surface area contributed by atoms with Crippen molar-refractivity contribution in [1.82, 2.24) is 4.98 Å². The molecule has 0 saturated carbocycles. The molecule has 0 amide bonds. The van der Waals surface area contributed by atoms with Crippen LogP contribution in [0.4, 0.5) is 0 Å². The average molecular weight is 153 g/mol. The number of hydrogen-bond acceptors (Lipinski definition) is 2. The van der Waals surface area contributed by atoms with Gasteiger partial charge in [0.25, 0.3) is 0 Å². The van der Waals surface area contributed by atoms with E-state index < -0.39 is 0 Å². The van der Waals surface area contributed by atoms with Crippen LogP contribution in [-0.2, 0) is 12.8 Å². The number of aryl methyl sites for hydroxylation is 1. The second kappa shape index (κ2) is 3.56. The van der Waals surface area contributed by atoms with Crippen LogP contribution in [0.5, 0.6) is 0 Å². The van der Waals surface area contributed by atoms with Crippen molar-refractivity contribution < 1.29 is 4.42 Å². The second-order valence-corrected chi connectivity index (χ2v) is 3.17. The number of oxazole rings is 1. The summed E-state index contributed by atoms with van der Waals surface area (Å²) >= 11 is 0. The molecule has 1 aromatic heterocycles. The lowest BCUT2D eigenvalue weighted by atomic mass is 10.1. The maximum Gasteiger partial charge on any atom is 0.181 e. The summed E-state index contributed by atoms with van der Waals surface area (Å²) in [4.78, 5) is 4.16. The van der Waals surface area contributed by atoms with Crippen molar-refractivity contribution in [1.29, 1.82) is 0 Å². The topological polar surface area (TPSA) is 26.0 Å². The fourth-order valence-electron chi connectivity index (χ4n) is 1.13. The Morgan fingerprint density at radius 1 is 1.55 bits per heavy atom. The maximum absolute atomic E-state index is 5.20. The molecular formula is C9H15NO. The zero-order chi connectivity index (χ0) is 8.27. The molecule has 0 radical (unpaired) electrons. The molecule has 0 unspecified atom stereocenters. The van der Waals surface area contributed by atoms with E-state index in [0.717, 1.165) is 24.3 Å². The summed E-state index contributed by atoms with van der Waals surface area (Å²) in [5.74, 6) is 1.70. The molecule has 62 valence electrons. The molecular weight excluding hydrogens is 138 g/mol. The molecule has 1 rings (SSSR count). The van der Waals surface area contributed by atoms with Gasteiger partial charge in [-0.05, 0) is 12.3 Å². The molecule has 2 heteroatoms. The number of nitrogens with zero attached hydrogens (tertiary/aromatic N) is 1. The highest BCUT2D eigenvalue weighted by Gasteiger charge is 2.06. The minimum atomic E-state index is 0.658. The molecule has 2 nitrogen and oxygen atoms in total. The number of aromatic nitrogens is 1. The van der Waals surface area contributed by atoms with Gasteiger partial charge in [0.15, 0.2) is 6.39 Å². The van der Waals surface area contributed by atoms with Gasteiger partial charge in [0.2, 0.25) is 0 Å². The predicted octanol–water partition coefficient (Wildman–Crippen LogP) is 2.44. The van der Waals surface area contributed by atoms with Crippen LogP contribution in [0.2, 0.25) is 0 Å². The van der Waals surface area contributed by atoms with Gasteiger partial charge in [-0.15, -0.1) is 0 Å². The zero-order valence-corrected chi connectivity index (χ0v) is 7.42. The third-order valence-corrected chi connectivity index (χ3v) is 1.65. The second-order valence-electron chi connectivity index (χ2n) is 3.17. The van der Waals surface area contributed by atoms with E-state index in [1.165, 1.54) is 6.39 Å². The Morgan fingerprint density at radius 3 is 2.82 bits per heavy atom. The highest BCUT2D eigenvalue weighted by atomic mass is 16.3. The van der Waals surface area contributed by atoms with Crippen LogP contribution in [0.25, 0.3) is 0 Å². The Morgan fingerprint density at radius 2 is 2.27 bits per heavy atom. The average Bonchev–Trinajstić information content (AvgIpc) is 2.34. The van der Waals surface area contributed by atoms with E-state index in [1.807, 2.05) is 0 Å². The summed E-state index contributed by atoms with van der Waals surface area (Å²) in [7, 11) is 0. The van der Waals surface area contributed by atoms with Gasteiger partial charge in [-0.3, -0.25) is 0 Å². The monoisotopic (exact) mass is 153 g/mol. The maximum atomic E-state index is 5.20. The highest BCUT2D eigenvalue weighted by Crippen LogP contribution is 2.11. The van der Waals surface area contributed by atoms with Gasteiger partial charge >= 0.3 is 0 Å². The molecule has 11 heavy (non-hydrogen) atoms. The SMILES string of the molecule is CCc1ocnc1CC(C)C. The molecule has 0 N–H and O–H groups in total. The largest absolute Gasteiger partial charge is 0.448 e. The van der Waals surface area contributed by atoms with Crippen molar-refractivity contribution in [2.24, 2.45) is 5.92 Å². The summed E-state index contributed by atoms with van der Waals surface area (Å²) in [5.41, 5.74) is 1.13. The lowest BCUT2D eigenvalue weighted by molar-refractivity contribution is 0.503. The van der Waals surface area contributed by atoms with E-state index in [0.29, 0.717) is 5.92 Å². The summed E-state index contributed by atoms with van der Waals surface area (Å²) in [5, 5.41) is 0. The van der Waals surface area contributed by atoms with Gasteiger partial charge in [-0.25, -0.2) is 4.98 Å². The Hall–Kier alpha value is -0.790. The summed E-state index contributed by atoms with van der Waals surface area (Å²) in [6.45, 7) is 6.46. The van der Waals surface area contributed by atoms with Crippen molar-refractivity contribution in [3.05, 3.63) is 17.8 Å². The molecule has 1 aromatic rings. The minimum absolute atomic E-state index is 0.658. The molecule has 0 atom stereocenters. The van der Waals surface area contributed by atoms with Crippen LogP contribution in [0.3, 0.4) is 0 Å². The zero-order valence-electron chi connectivity index (χ0n) is 7.42. The van der Waals surface area contributed by atoms with Crippen molar-refractivity contribution >= 4 is 0 Å². The standard InChI is InChI=1S/C9H15NO/c1-4-9-8(5-7(2)3)10-6-11-9/h6-7H,4-5H2,1-3H3.